The van der Waals surface area contributed by atoms with Gasteiger partial charge in [0.1, 0.15) is 5.78 Å². The van der Waals surface area contributed by atoms with Crippen LogP contribution in [0.15, 0.2) is 0 Å². The van der Waals surface area contributed by atoms with Crippen molar-refractivity contribution in [2.75, 3.05) is 6.61 Å². The fraction of sp³-hybridized carbons (Fsp3) is 0.667. The van der Waals surface area contributed by atoms with E-state index in [1.807, 2.05) is 0 Å². The quantitative estimate of drug-likeness (QED) is 0.584. The van der Waals surface area contributed by atoms with Gasteiger partial charge in [0.2, 0.25) is 0 Å². The molecule has 0 aromatic carbocycles. The first kappa shape index (κ1) is 8.94. The van der Waals surface area contributed by atoms with Gasteiger partial charge in [-0.25, -0.2) is 4.79 Å². The Balaban J connectivity index is 3.06. The molecule has 0 aromatic rings. The zero-order valence-electron chi connectivity index (χ0n) is 5.92. The van der Waals surface area contributed by atoms with Crippen LogP contribution >= 0.6 is 0 Å². The molecule has 58 valence electrons. The van der Waals surface area contributed by atoms with Crippen LogP contribution in [0.5, 0.6) is 0 Å². The summed E-state index contributed by atoms with van der Waals surface area (Å²) in [6.07, 6.45) is 0.203. The summed E-state index contributed by atoms with van der Waals surface area (Å²) in [5, 5.41) is 0. The van der Waals surface area contributed by atoms with Crippen molar-refractivity contribution in [3.05, 3.63) is 0 Å². The molecule has 0 bridgehead atoms. The van der Waals surface area contributed by atoms with Gasteiger partial charge in [0.25, 0.3) is 0 Å². The number of carbonyl (C=O) groups excluding carboxylic acids is 2. The molecule has 0 fully saturated rings. The van der Waals surface area contributed by atoms with Gasteiger partial charge in [-0.15, -0.1) is 0 Å². The average Bonchev–Trinajstić information content (AvgIpc) is 1.79. The lowest BCUT2D eigenvalue weighted by molar-refractivity contribution is -0.117. The minimum Gasteiger partial charge on any atom is -0.450 e. The Hall–Kier alpha value is -1.06. The van der Waals surface area contributed by atoms with E-state index in [0.29, 0.717) is 12.8 Å². The van der Waals surface area contributed by atoms with Crippen molar-refractivity contribution in [3.63, 3.8) is 0 Å². The molecule has 0 saturated carbocycles. The molecular weight excluding hydrogens is 134 g/mol. The molecule has 0 aromatic heterocycles. The second kappa shape index (κ2) is 4.78. The zero-order valence-corrected chi connectivity index (χ0v) is 5.92. The van der Waals surface area contributed by atoms with Gasteiger partial charge < -0.3 is 15.3 Å². The van der Waals surface area contributed by atoms with Crippen LogP contribution in [0.25, 0.3) is 0 Å². The normalized spacial score (nSPS) is 8.90. The first-order valence-electron chi connectivity index (χ1n) is 3.04. The number of ether oxygens (including phenoxy) is 1. The Labute approximate surface area is 59.3 Å². The molecule has 4 nitrogen and oxygen atoms in total. The number of rotatable bonds is 4. The third-order valence-electron chi connectivity index (χ3n) is 0.917. The molecule has 0 rings (SSSR count). The van der Waals surface area contributed by atoms with Crippen LogP contribution in [-0.2, 0) is 9.53 Å². The maximum atomic E-state index is 10.3. The van der Waals surface area contributed by atoms with Crippen LogP contribution in [0.1, 0.15) is 19.8 Å². The van der Waals surface area contributed by atoms with Crippen molar-refractivity contribution in [3.8, 4) is 0 Å². The van der Waals surface area contributed by atoms with Crippen molar-refractivity contribution in [2.24, 2.45) is 5.73 Å². The van der Waals surface area contributed by atoms with Gasteiger partial charge in [0.05, 0.1) is 6.61 Å². The molecule has 0 atom stereocenters. The Morgan fingerprint density at radius 3 is 2.50 bits per heavy atom. The molecule has 0 heterocycles. The Morgan fingerprint density at radius 2 is 2.10 bits per heavy atom. The van der Waals surface area contributed by atoms with Crippen LogP contribution in [0.2, 0.25) is 0 Å². The van der Waals surface area contributed by atoms with E-state index in [-0.39, 0.29) is 12.4 Å². The zero-order chi connectivity index (χ0) is 7.98. The van der Waals surface area contributed by atoms with E-state index in [1.54, 1.807) is 0 Å². The average molecular weight is 145 g/mol. The maximum absolute atomic E-state index is 10.3. The number of amides is 1. The fourth-order valence-corrected chi connectivity index (χ4v) is 0.494. The summed E-state index contributed by atoms with van der Waals surface area (Å²) in [5.74, 6) is 0.0908. The van der Waals surface area contributed by atoms with Crippen LogP contribution in [0.4, 0.5) is 4.79 Å². The van der Waals surface area contributed by atoms with Crippen molar-refractivity contribution in [1.82, 2.24) is 0 Å². The summed E-state index contributed by atoms with van der Waals surface area (Å²) >= 11 is 0. The summed E-state index contributed by atoms with van der Waals surface area (Å²) < 4.78 is 4.38. The first-order valence-corrected chi connectivity index (χ1v) is 3.04. The minimum absolute atomic E-state index is 0.0908. The van der Waals surface area contributed by atoms with E-state index < -0.39 is 6.09 Å². The Morgan fingerprint density at radius 1 is 1.50 bits per heavy atom. The molecule has 0 unspecified atom stereocenters. The van der Waals surface area contributed by atoms with Crippen LogP contribution in [-0.4, -0.2) is 18.5 Å². The summed E-state index contributed by atoms with van der Waals surface area (Å²) in [5.41, 5.74) is 4.66. The van der Waals surface area contributed by atoms with E-state index in [4.69, 9.17) is 0 Å². The summed E-state index contributed by atoms with van der Waals surface area (Å²) in [6, 6.07) is 0. The molecule has 0 aliphatic carbocycles. The van der Waals surface area contributed by atoms with Crippen molar-refractivity contribution in [1.29, 1.82) is 0 Å². The maximum Gasteiger partial charge on any atom is 0.404 e. The molecular formula is C6H11NO3. The molecule has 2 N–H and O–H groups in total. The van der Waals surface area contributed by atoms with Gasteiger partial charge in [-0.2, -0.15) is 0 Å². The van der Waals surface area contributed by atoms with Crippen molar-refractivity contribution in [2.45, 2.75) is 19.8 Å². The van der Waals surface area contributed by atoms with E-state index in [0.717, 1.165) is 0 Å². The second-order valence-electron chi connectivity index (χ2n) is 1.97. The van der Waals surface area contributed by atoms with Gasteiger partial charge in [-0.3, -0.25) is 0 Å². The predicted octanol–water partition coefficient (Wildman–Crippen LogP) is 0.451. The number of nitrogens with two attached hydrogens (primary N) is 1. The molecule has 0 radical (unpaired) electrons. The minimum atomic E-state index is -0.788. The molecule has 0 aliphatic heterocycles. The van der Waals surface area contributed by atoms with Crippen LogP contribution in [0.3, 0.4) is 0 Å². The predicted molar refractivity (Wildman–Crippen MR) is 35.5 cm³/mol. The smallest absolute Gasteiger partial charge is 0.404 e. The number of hydrogen-bond acceptors (Lipinski definition) is 3. The van der Waals surface area contributed by atoms with E-state index in [1.165, 1.54) is 6.92 Å². The lowest BCUT2D eigenvalue weighted by Gasteiger charge is -1.97. The number of hydrogen-bond donors (Lipinski definition) is 1. The largest absolute Gasteiger partial charge is 0.450 e. The highest BCUT2D eigenvalue weighted by molar-refractivity contribution is 5.75. The van der Waals surface area contributed by atoms with Crippen molar-refractivity contribution < 1.29 is 14.3 Å². The van der Waals surface area contributed by atoms with Gasteiger partial charge >= 0.3 is 6.09 Å². The summed E-state index contributed by atoms with van der Waals surface area (Å²) in [7, 11) is 0. The van der Waals surface area contributed by atoms with Crippen LogP contribution < -0.4 is 5.73 Å². The lowest BCUT2D eigenvalue weighted by atomic mass is 10.2. The van der Waals surface area contributed by atoms with Gasteiger partial charge in [0, 0.05) is 6.42 Å². The van der Waals surface area contributed by atoms with Gasteiger partial charge in [0.15, 0.2) is 0 Å². The second-order valence-corrected chi connectivity index (χ2v) is 1.97. The summed E-state index contributed by atoms with van der Waals surface area (Å²) in [4.78, 5) is 20.3. The van der Waals surface area contributed by atoms with E-state index >= 15 is 0 Å². The third-order valence-corrected chi connectivity index (χ3v) is 0.917. The third kappa shape index (κ3) is 6.94. The highest BCUT2D eigenvalue weighted by atomic mass is 16.5. The molecule has 4 heteroatoms. The van der Waals surface area contributed by atoms with E-state index in [9.17, 15) is 9.59 Å². The molecule has 0 aliphatic rings. The lowest BCUT2D eigenvalue weighted by Crippen LogP contribution is -2.13. The number of primary amides is 1. The number of carbonyl (C=O) groups is 2. The van der Waals surface area contributed by atoms with Crippen molar-refractivity contribution >= 4 is 11.9 Å². The van der Waals surface area contributed by atoms with Gasteiger partial charge in [-0.1, -0.05) is 0 Å². The Bertz CT molecular complexity index is 117. The SMILES string of the molecule is CC(=O)CCCOC(N)=O. The standard InChI is InChI=1S/C6H11NO3/c1-5(8)3-2-4-10-6(7)9/h2-4H2,1H3,(H2,7,9). The molecule has 0 saturated heterocycles. The van der Waals surface area contributed by atoms with E-state index in [2.05, 4.69) is 10.5 Å². The summed E-state index contributed by atoms with van der Waals surface area (Å²) in [6.45, 7) is 1.72. The molecule has 10 heavy (non-hydrogen) atoms. The van der Waals surface area contributed by atoms with Crippen LogP contribution in [0, 0.1) is 0 Å². The van der Waals surface area contributed by atoms with Gasteiger partial charge in [-0.05, 0) is 13.3 Å². The molecule has 1 amide bonds. The molecule has 0 spiro atoms. The highest BCUT2D eigenvalue weighted by Gasteiger charge is 1.95. The first-order chi connectivity index (χ1) is 4.63. The highest BCUT2D eigenvalue weighted by Crippen LogP contribution is 1.90. The topological polar surface area (TPSA) is 69.4 Å². The number of Topliss-reactive ketones (excluding diaryl/α,β-unsaturated/α-hetero) is 1. The monoisotopic (exact) mass is 145 g/mol. The number of ketones is 1. The Kier molecular flexibility index (Phi) is 4.28. The fourth-order valence-electron chi connectivity index (χ4n) is 0.494.